The Bertz CT molecular complexity index is 550. The first-order valence-electron chi connectivity index (χ1n) is 6.18. The molecule has 0 aliphatic heterocycles. The molecule has 0 radical (unpaired) electrons. The molecule has 4 heteroatoms. The zero-order valence-electron chi connectivity index (χ0n) is 11.6. The second-order valence-electron chi connectivity index (χ2n) is 4.63. The number of pyridine rings is 1. The maximum Gasteiger partial charge on any atom is 0.0346 e. The summed E-state index contributed by atoms with van der Waals surface area (Å²) in [7, 11) is 4.14. The summed E-state index contributed by atoms with van der Waals surface area (Å²) in [5.74, 6) is 0. The second kappa shape index (κ2) is 8.20. The number of hydrogen-bond acceptors (Lipinski definition) is 2. The number of rotatable bonds is 4. The molecule has 0 fully saturated rings. The Kier molecular flexibility index (Phi) is 6.93. The molecule has 0 bridgehead atoms. The maximum atomic E-state index is 4.21. The molecule has 0 unspecified atom stereocenters. The van der Waals surface area contributed by atoms with Gasteiger partial charge in [0.2, 0.25) is 0 Å². The Hall–Kier alpha value is -1.16. The molecule has 0 aliphatic carbocycles. The molecule has 0 amide bonds. The number of likely N-dealkylation sites (N-methyl/N-ethyl adjacent to an activating group) is 1. The molecule has 1 aromatic carbocycles. The quantitative estimate of drug-likeness (QED) is 0.811. The minimum atomic E-state index is 0. The van der Waals surface area contributed by atoms with Crippen LogP contribution >= 0.6 is 15.9 Å². The molecule has 2 rings (SSSR count). The molecule has 0 atom stereocenters. The van der Waals surface area contributed by atoms with E-state index in [0.29, 0.717) is 0 Å². The first-order valence-corrected chi connectivity index (χ1v) is 6.97. The van der Waals surface area contributed by atoms with E-state index in [9.17, 15) is 0 Å². The van der Waals surface area contributed by atoms with Gasteiger partial charge in [-0.25, -0.2) is 0 Å². The molecule has 0 saturated heterocycles. The molecule has 1 heterocycles. The van der Waals surface area contributed by atoms with Gasteiger partial charge in [0, 0.05) is 29.0 Å². The Morgan fingerprint density at radius 1 is 1.15 bits per heavy atom. The van der Waals surface area contributed by atoms with Crippen LogP contribution in [0.2, 0.25) is 0 Å². The Morgan fingerprint density at radius 3 is 2.40 bits per heavy atom. The van der Waals surface area contributed by atoms with E-state index >= 15 is 0 Å². The van der Waals surface area contributed by atoms with E-state index in [2.05, 4.69) is 76.3 Å². The van der Waals surface area contributed by atoms with Gasteiger partial charge in [0.05, 0.1) is 0 Å². The summed E-state index contributed by atoms with van der Waals surface area (Å²) in [4.78, 5) is 6.36. The van der Waals surface area contributed by atoms with Crippen molar-refractivity contribution in [1.29, 1.82) is 0 Å². The highest BCUT2D eigenvalue weighted by Gasteiger charge is 2.05. The molecule has 0 spiro atoms. The number of nitrogens with zero attached hydrogens (tertiary/aromatic N) is 2. The van der Waals surface area contributed by atoms with Gasteiger partial charge in [0.15, 0.2) is 0 Å². The zero-order valence-corrected chi connectivity index (χ0v) is 13.9. The van der Waals surface area contributed by atoms with Crippen LogP contribution in [0.15, 0.2) is 59.3 Å². The lowest BCUT2D eigenvalue weighted by molar-refractivity contribution is -0.00000382. The molecule has 2 aromatic rings. The zero-order chi connectivity index (χ0) is 13.7. The minimum Gasteiger partial charge on any atom is -1.00 e. The molecular weight excluding hydrogens is 336 g/mol. The van der Waals surface area contributed by atoms with Gasteiger partial charge in [0.1, 0.15) is 0 Å². The predicted octanol–water partition coefficient (Wildman–Crippen LogP) is 0.841. The molecule has 1 aromatic heterocycles. The average molecular weight is 353 g/mol. The summed E-state index contributed by atoms with van der Waals surface area (Å²) >= 11 is 3.47. The fourth-order valence-corrected chi connectivity index (χ4v) is 2.09. The monoisotopic (exact) mass is 351 g/mol. The number of halogens is 2. The third kappa shape index (κ3) is 4.75. The Balaban J connectivity index is 0.00000200. The largest absolute Gasteiger partial charge is 1.00 e. The van der Waals surface area contributed by atoms with E-state index in [1.807, 2.05) is 12.3 Å². The standard InChI is InChI=1S/C16H17BrN2.ClH/c1-19(2)11-9-16(14-4-3-10-18-12-14)13-5-7-15(17)8-6-13;/h3-10,12H,11H2,1-2H3;1H/p-1/b16-9-;. The third-order valence-corrected chi connectivity index (χ3v) is 3.32. The van der Waals surface area contributed by atoms with E-state index in [-0.39, 0.29) is 12.4 Å². The van der Waals surface area contributed by atoms with Crippen molar-refractivity contribution in [2.24, 2.45) is 0 Å². The van der Waals surface area contributed by atoms with Crippen LogP contribution in [-0.2, 0) is 0 Å². The first-order chi connectivity index (χ1) is 9.16. The highest BCUT2D eigenvalue weighted by atomic mass is 79.9. The van der Waals surface area contributed by atoms with Crippen LogP contribution in [0.3, 0.4) is 0 Å². The van der Waals surface area contributed by atoms with Crippen LogP contribution in [0.1, 0.15) is 11.1 Å². The van der Waals surface area contributed by atoms with Gasteiger partial charge in [-0.2, -0.15) is 0 Å². The van der Waals surface area contributed by atoms with Crippen molar-refractivity contribution in [3.05, 3.63) is 70.5 Å². The van der Waals surface area contributed by atoms with Gasteiger partial charge in [0.25, 0.3) is 0 Å². The first kappa shape index (κ1) is 16.9. The van der Waals surface area contributed by atoms with Gasteiger partial charge in [-0.15, -0.1) is 0 Å². The molecule has 0 aliphatic rings. The summed E-state index contributed by atoms with van der Waals surface area (Å²) in [5, 5.41) is 0. The summed E-state index contributed by atoms with van der Waals surface area (Å²) in [6.45, 7) is 0.903. The molecular formula is C16H17BrClN2-. The highest BCUT2D eigenvalue weighted by molar-refractivity contribution is 9.10. The fourth-order valence-electron chi connectivity index (χ4n) is 1.83. The van der Waals surface area contributed by atoms with Crippen molar-refractivity contribution in [1.82, 2.24) is 9.88 Å². The van der Waals surface area contributed by atoms with E-state index in [0.717, 1.165) is 16.6 Å². The van der Waals surface area contributed by atoms with E-state index in [1.54, 1.807) is 6.20 Å². The van der Waals surface area contributed by atoms with Crippen molar-refractivity contribution in [2.75, 3.05) is 20.6 Å². The van der Waals surface area contributed by atoms with Gasteiger partial charge < -0.3 is 17.3 Å². The lowest BCUT2D eigenvalue weighted by Crippen LogP contribution is -3.00. The van der Waals surface area contributed by atoms with E-state index < -0.39 is 0 Å². The molecule has 106 valence electrons. The van der Waals surface area contributed by atoms with Crippen molar-refractivity contribution < 1.29 is 12.4 Å². The molecule has 0 N–H and O–H groups in total. The Labute approximate surface area is 135 Å². The summed E-state index contributed by atoms with van der Waals surface area (Å²) in [6, 6.07) is 12.4. The van der Waals surface area contributed by atoms with Crippen molar-refractivity contribution in [2.45, 2.75) is 0 Å². The predicted molar refractivity (Wildman–Crippen MR) is 84.0 cm³/mol. The van der Waals surface area contributed by atoms with Gasteiger partial charge in [-0.1, -0.05) is 40.2 Å². The lowest BCUT2D eigenvalue weighted by atomic mass is 9.99. The second-order valence-corrected chi connectivity index (χ2v) is 5.54. The Morgan fingerprint density at radius 2 is 1.85 bits per heavy atom. The topological polar surface area (TPSA) is 16.1 Å². The van der Waals surface area contributed by atoms with Crippen molar-refractivity contribution in [3.8, 4) is 0 Å². The van der Waals surface area contributed by atoms with Gasteiger partial charge >= 0.3 is 0 Å². The molecule has 2 nitrogen and oxygen atoms in total. The summed E-state index contributed by atoms with van der Waals surface area (Å²) in [6.07, 6.45) is 5.94. The average Bonchev–Trinajstić information content (AvgIpc) is 2.42. The molecule has 0 saturated carbocycles. The maximum absolute atomic E-state index is 4.21. The van der Waals surface area contributed by atoms with Crippen LogP contribution in [-0.4, -0.2) is 30.5 Å². The van der Waals surface area contributed by atoms with E-state index in [4.69, 9.17) is 0 Å². The smallest absolute Gasteiger partial charge is 0.0346 e. The SMILES string of the molecule is CN(C)C/C=C(/c1ccc(Br)cc1)c1cccnc1.[Cl-]. The van der Waals surface area contributed by atoms with Crippen LogP contribution in [0.25, 0.3) is 5.57 Å². The van der Waals surface area contributed by atoms with Gasteiger partial charge in [-0.3, -0.25) is 4.98 Å². The summed E-state index contributed by atoms with van der Waals surface area (Å²) in [5.41, 5.74) is 3.57. The fraction of sp³-hybridized carbons (Fsp3) is 0.188. The third-order valence-electron chi connectivity index (χ3n) is 2.79. The molecule has 20 heavy (non-hydrogen) atoms. The number of benzene rings is 1. The van der Waals surface area contributed by atoms with Crippen LogP contribution in [0.4, 0.5) is 0 Å². The van der Waals surface area contributed by atoms with Crippen molar-refractivity contribution in [3.63, 3.8) is 0 Å². The lowest BCUT2D eigenvalue weighted by Gasteiger charge is -2.11. The summed E-state index contributed by atoms with van der Waals surface area (Å²) < 4.78 is 1.09. The minimum absolute atomic E-state index is 0. The highest BCUT2D eigenvalue weighted by Crippen LogP contribution is 2.24. The van der Waals surface area contributed by atoms with Crippen molar-refractivity contribution >= 4 is 21.5 Å². The van der Waals surface area contributed by atoms with Gasteiger partial charge in [-0.05, 0) is 43.4 Å². The van der Waals surface area contributed by atoms with Crippen LogP contribution in [0.5, 0.6) is 0 Å². The number of hydrogen-bond donors (Lipinski definition) is 0. The van der Waals surface area contributed by atoms with E-state index in [1.165, 1.54) is 11.1 Å². The van der Waals surface area contributed by atoms with Crippen LogP contribution < -0.4 is 12.4 Å². The normalized spacial score (nSPS) is 11.3. The van der Waals surface area contributed by atoms with Crippen LogP contribution in [0, 0.1) is 0 Å². The number of aromatic nitrogens is 1.